The molecule has 27 heavy (non-hydrogen) atoms. The largest absolute Gasteiger partial charge is 0.340 e. The SMILES string of the molecule is CC(C(=O)N(C)Cc1cccc(F)c1)N(C)Cc1ccc2ccccc2c1. The molecule has 1 unspecified atom stereocenters. The van der Waals surface area contributed by atoms with Crippen molar-refractivity contribution in [3.05, 3.63) is 83.7 Å². The van der Waals surface area contributed by atoms with Crippen LogP contribution in [0.15, 0.2) is 66.7 Å². The molecule has 3 aromatic rings. The van der Waals surface area contributed by atoms with Crippen molar-refractivity contribution in [1.29, 1.82) is 0 Å². The number of halogens is 1. The lowest BCUT2D eigenvalue weighted by Gasteiger charge is -2.28. The maximum Gasteiger partial charge on any atom is 0.239 e. The molecule has 0 N–H and O–H groups in total. The predicted octanol–water partition coefficient (Wildman–Crippen LogP) is 4.46. The number of carbonyl (C=O) groups is 1. The average Bonchev–Trinajstić information content (AvgIpc) is 2.66. The van der Waals surface area contributed by atoms with Crippen molar-refractivity contribution in [3.63, 3.8) is 0 Å². The van der Waals surface area contributed by atoms with E-state index < -0.39 is 0 Å². The van der Waals surface area contributed by atoms with Crippen LogP contribution in [0.25, 0.3) is 10.8 Å². The zero-order valence-corrected chi connectivity index (χ0v) is 16.0. The summed E-state index contributed by atoms with van der Waals surface area (Å²) in [5.74, 6) is -0.266. The summed E-state index contributed by atoms with van der Waals surface area (Å²) in [5.41, 5.74) is 1.96. The summed E-state index contributed by atoms with van der Waals surface area (Å²) >= 11 is 0. The number of amides is 1. The minimum absolute atomic E-state index is 0.0163. The van der Waals surface area contributed by atoms with E-state index in [0.29, 0.717) is 13.1 Å². The van der Waals surface area contributed by atoms with Crippen molar-refractivity contribution in [2.24, 2.45) is 0 Å². The first-order valence-corrected chi connectivity index (χ1v) is 9.11. The third kappa shape index (κ3) is 4.72. The number of benzene rings is 3. The van der Waals surface area contributed by atoms with Gasteiger partial charge in [-0.25, -0.2) is 4.39 Å². The topological polar surface area (TPSA) is 23.6 Å². The van der Waals surface area contributed by atoms with Gasteiger partial charge in [0.1, 0.15) is 5.82 Å². The van der Waals surface area contributed by atoms with Crippen LogP contribution in [0.1, 0.15) is 18.1 Å². The van der Waals surface area contributed by atoms with Crippen LogP contribution in [0.5, 0.6) is 0 Å². The first-order valence-electron chi connectivity index (χ1n) is 9.11. The monoisotopic (exact) mass is 364 g/mol. The molecule has 0 aliphatic heterocycles. The van der Waals surface area contributed by atoms with Gasteiger partial charge in [0.2, 0.25) is 5.91 Å². The molecule has 1 atom stereocenters. The molecule has 1 amide bonds. The van der Waals surface area contributed by atoms with E-state index in [1.54, 1.807) is 18.0 Å². The van der Waals surface area contributed by atoms with Crippen molar-refractivity contribution in [2.45, 2.75) is 26.1 Å². The van der Waals surface area contributed by atoms with E-state index in [2.05, 4.69) is 30.3 Å². The molecule has 0 bridgehead atoms. The fourth-order valence-electron chi connectivity index (χ4n) is 3.26. The van der Waals surface area contributed by atoms with Crippen molar-refractivity contribution < 1.29 is 9.18 Å². The van der Waals surface area contributed by atoms with E-state index in [0.717, 1.165) is 5.56 Å². The Balaban J connectivity index is 1.64. The van der Waals surface area contributed by atoms with E-state index in [-0.39, 0.29) is 17.8 Å². The van der Waals surface area contributed by atoms with Gasteiger partial charge in [0, 0.05) is 20.1 Å². The van der Waals surface area contributed by atoms with Crippen LogP contribution in [0.4, 0.5) is 4.39 Å². The Morgan fingerprint density at radius 3 is 2.33 bits per heavy atom. The lowest BCUT2D eigenvalue weighted by atomic mass is 10.1. The third-order valence-corrected chi connectivity index (χ3v) is 4.95. The molecule has 0 saturated heterocycles. The fraction of sp³-hybridized carbons (Fsp3) is 0.261. The van der Waals surface area contributed by atoms with Gasteiger partial charge in [0.15, 0.2) is 0 Å². The summed E-state index contributed by atoms with van der Waals surface area (Å²) < 4.78 is 13.3. The minimum Gasteiger partial charge on any atom is -0.340 e. The quantitative estimate of drug-likeness (QED) is 0.645. The van der Waals surface area contributed by atoms with E-state index in [1.165, 1.54) is 28.5 Å². The number of hydrogen-bond donors (Lipinski definition) is 0. The maximum absolute atomic E-state index is 13.3. The molecule has 0 heterocycles. The second-order valence-corrected chi connectivity index (χ2v) is 7.10. The summed E-state index contributed by atoms with van der Waals surface area (Å²) in [7, 11) is 3.71. The lowest BCUT2D eigenvalue weighted by Crippen LogP contribution is -2.43. The van der Waals surface area contributed by atoms with E-state index in [4.69, 9.17) is 0 Å². The molecule has 140 valence electrons. The van der Waals surface area contributed by atoms with Crippen LogP contribution in [-0.2, 0) is 17.9 Å². The van der Waals surface area contributed by atoms with Crippen LogP contribution in [-0.4, -0.2) is 35.8 Å². The molecule has 0 fully saturated rings. The molecule has 0 aliphatic carbocycles. The molecule has 4 heteroatoms. The Hall–Kier alpha value is -2.72. The van der Waals surface area contributed by atoms with Gasteiger partial charge in [-0.05, 0) is 54.1 Å². The first-order chi connectivity index (χ1) is 12.9. The Bertz CT molecular complexity index is 940. The summed E-state index contributed by atoms with van der Waals surface area (Å²) in [6.45, 7) is 2.99. The number of hydrogen-bond acceptors (Lipinski definition) is 2. The number of fused-ring (bicyclic) bond motifs is 1. The van der Waals surface area contributed by atoms with Crippen molar-refractivity contribution in [3.8, 4) is 0 Å². The normalized spacial score (nSPS) is 12.3. The summed E-state index contributed by atoms with van der Waals surface area (Å²) in [6.07, 6.45) is 0. The summed E-state index contributed by atoms with van der Waals surface area (Å²) in [4.78, 5) is 16.5. The zero-order valence-electron chi connectivity index (χ0n) is 16.0. The molecule has 0 radical (unpaired) electrons. The van der Waals surface area contributed by atoms with Crippen molar-refractivity contribution in [1.82, 2.24) is 9.80 Å². The van der Waals surface area contributed by atoms with Crippen molar-refractivity contribution in [2.75, 3.05) is 14.1 Å². The Morgan fingerprint density at radius 1 is 0.889 bits per heavy atom. The van der Waals surface area contributed by atoms with Gasteiger partial charge in [-0.3, -0.25) is 9.69 Å². The molecular weight excluding hydrogens is 339 g/mol. The predicted molar refractivity (Wildman–Crippen MR) is 108 cm³/mol. The standard InChI is InChI=1S/C23H25FN2O/c1-17(23(27)26(3)16-18-7-6-10-22(24)14-18)25(2)15-19-11-12-20-8-4-5-9-21(20)13-19/h4-14,17H,15-16H2,1-3H3. The highest BCUT2D eigenvalue weighted by Crippen LogP contribution is 2.17. The molecule has 0 aliphatic rings. The van der Waals surface area contributed by atoms with Crippen LogP contribution in [0.3, 0.4) is 0 Å². The molecule has 0 aromatic heterocycles. The highest BCUT2D eigenvalue weighted by atomic mass is 19.1. The lowest BCUT2D eigenvalue weighted by molar-refractivity contribution is -0.135. The van der Waals surface area contributed by atoms with E-state index in [1.807, 2.05) is 37.1 Å². The smallest absolute Gasteiger partial charge is 0.239 e. The van der Waals surface area contributed by atoms with E-state index >= 15 is 0 Å². The second-order valence-electron chi connectivity index (χ2n) is 7.10. The van der Waals surface area contributed by atoms with Crippen LogP contribution >= 0.6 is 0 Å². The molecule has 0 saturated carbocycles. The zero-order chi connectivity index (χ0) is 19.4. The highest BCUT2D eigenvalue weighted by Gasteiger charge is 2.22. The Kier molecular flexibility index (Phi) is 5.87. The third-order valence-electron chi connectivity index (χ3n) is 4.95. The second kappa shape index (κ2) is 8.31. The minimum atomic E-state index is -0.283. The van der Waals surface area contributed by atoms with Gasteiger partial charge in [-0.15, -0.1) is 0 Å². The number of rotatable bonds is 6. The fourth-order valence-corrected chi connectivity index (χ4v) is 3.26. The number of nitrogens with zero attached hydrogens (tertiary/aromatic N) is 2. The number of likely N-dealkylation sites (N-methyl/N-ethyl adjacent to an activating group) is 2. The van der Waals surface area contributed by atoms with Crippen molar-refractivity contribution >= 4 is 16.7 Å². The van der Waals surface area contributed by atoms with E-state index in [9.17, 15) is 9.18 Å². The number of carbonyl (C=O) groups excluding carboxylic acids is 1. The van der Waals surface area contributed by atoms with Gasteiger partial charge < -0.3 is 4.90 Å². The van der Waals surface area contributed by atoms with Gasteiger partial charge in [0.05, 0.1) is 6.04 Å². The van der Waals surface area contributed by atoms with Gasteiger partial charge >= 0.3 is 0 Å². The van der Waals surface area contributed by atoms with Crippen LogP contribution in [0, 0.1) is 5.82 Å². The highest BCUT2D eigenvalue weighted by molar-refractivity contribution is 5.83. The molecular formula is C23H25FN2O. The molecule has 0 spiro atoms. The Morgan fingerprint density at radius 2 is 1.59 bits per heavy atom. The van der Waals surface area contributed by atoms with Crippen LogP contribution < -0.4 is 0 Å². The molecule has 3 nitrogen and oxygen atoms in total. The average molecular weight is 364 g/mol. The Labute approximate surface area is 160 Å². The summed E-state index contributed by atoms with van der Waals surface area (Å²) in [6, 6.07) is 20.7. The molecule has 3 aromatic carbocycles. The molecule has 3 rings (SSSR count). The van der Waals surface area contributed by atoms with Gasteiger partial charge in [-0.2, -0.15) is 0 Å². The van der Waals surface area contributed by atoms with Crippen LogP contribution in [0.2, 0.25) is 0 Å². The van der Waals surface area contributed by atoms with Gasteiger partial charge in [-0.1, -0.05) is 48.5 Å². The maximum atomic E-state index is 13.3. The summed E-state index contributed by atoms with van der Waals surface area (Å²) in [5, 5.41) is 2.41. The van der Waals surface area contributed by atoms with Gasteiger partial charge in [0.25, 0.3) is 0 Å². The first kappa shape index (κ1) is 19.1.